The summed E-state index contributed by atoms with van der Waals surface area (Å²) in [6, 6.07) is 16.0. The zero-order valence-corrected chi connectivity index (χ0v) is 12.5. The highest BCUT2D eigenvalue weighted by atomic mass is 16.5. The van der Waals surface area contributed by atoms with Gasteiger partial charge in [-0.2, -0.15) is 0 Å². The quantitative estimate of drug-likeness (QED) is 0.855. The molecule has 0 heterocycles. The Bertz CT molecular complexity index is 605. The van der Waals surface area contributed by atoms with Crippen molar-refractivity contribution in [1.82, 2.24) is 0 Å². The SMILES string of the molecule is CCC(N)Cc1cccc(-c2ccc(C(=O)OC)cc2)c1. The first kappa shape index (κ1) is 15.3. The van der Waals surface area contributed by atoms with Crippen LogP contribution >= 0.6 is 0 Å². The van der Waals surface area contributed by atoms with Crippen molar-refractivity contribution in [1.29, 1.82) is 0 Å². The minimum atomic E-state index is -0.316. The zero-order valence-electron chi connectivity index (χ0n) is 12.5. The van der Waals surface area contributed by atoms with Crippen molar-refractivity contribution in [2.45, 2.75) is 25.8 Å². The van der Waals surface area contributed by atoms with E-state index in [0.29, 0.717) is 5.56 Å². The predicted octanol–water partition coefficient (Wildman–Crippen LogP) is 3.42. The van der Waals surface area contributed by atoms with Gasteiger partial charge in [-0.1, -0.05) is 43.3 Å². The van der Waals surface area contributed by atoms with E-state index in [2.05, 4.69) is 25.1 Å². The molecule has 0 spiro atoms. The number of nitrogens with two attached hydrogens (primary N) is 1. The molecular weight excluding hydrogens is 262 g/mol. The first-order valence-electron chi connectivity index (χ1n) is 7.17. The molecule has 0 aliphatic heterocycles. The molecular formula is C18H21NO2. The number of esters is 1. The van der Waals surface area contributed by atoms with Gasteiger partial charge in [-0.25, -0.2) is 4.79 Å². The van der Waals surface area contributed by atoms with Gasteiger partial charge < -0.3 is 10.5 Å². The largest absolute Gasteiger partial charge is 0.465 e. The number of carbonyl (C=O) groups excluding carboxylic acids is 1. The molecule has 1 unspecified atom stereocenters. The van der Waals surface area contributed by atoms with E-state index >= 15 is 0 Å². The van der Waals surface area contributed by atoms with Gasteiger partial charge in [0.15, 0.2) is 0 Å². The Morgan fingerprint density at radius 1 is 1.14 bits per heavy atom. The van der Waals surface area contributed by atoms with Gasteiger partial charge in [0.05, 0.1) is 12.7 Å². The summed E-state index contributed by atoms with van der Waals surface area (Å²) in [7, 11) is 1.39. The number of benzene rings is 2. The monoisotopic (exact) mass is 283 g/mol. The summed E-state index contributed by atoms with van der Waals surface area (Å²) in [5.41, 5.74) is 10.0. The van der Waals surface area contributed by atoms with Gasteiger partial charge in [-0.05, 0) is 41.7 Å². The molecule has 1 atom stereocenters. The average molecular weight is 283 g/mol. The van der Waals surface area contributed by atoms with Crippen LogP contribution in [0.2, 0.25) is 0 Å². The van der Waals surface area contributed by atoms with Crippen LogP contribution in [0.1, 0.15) is 29.3 Å². The van der Waals surface area contributed by atoms with Gasteiger partial charge in [0.2, 0.25) is 0 Å². The zero-order chi connectivity index (χ0) is 15.2. The molecule has 2 aromatic rings. The van der Waals surface area contributed by atoms with Crippen LogP contribution in [-0.2, 0) is 11.2 Å². The molecule has 0 aliphatic rings. The summed E-state index contributed by atoms with van der Waals surface area (Å²) in [5.74, 6) is -0.316. The summed E-state index contributed by atoms with van der Waals surface area (Å²) >= 11 is 0. The van der Waals surface area contributed by atoms with E-state index in [9.17, 15) is 4.79 Å². The molecule has 0 fully saturated rings. The predicted molar refractivity (Wildman–Crippen MR) is 85.2 cm³/mol. The molecule has 0 bridgehead atoms. The van der Waals surface area contributed by atoms with E-state index in [1.54, 1.807) is 12.1 Å². The van der Waals surface area contributed by atoms with Crippen molar-refractivity contribution in [2.24, 2.45) is 5.73 Å². The minimum Gasteiger partial charge on any atom is -0.465 e. The molecule has 2 N–H and O–H groups in total. The standard InChI is InChI=1S/C18H21NO2/c1-3-17(19)12-13-5-4-6-16(11-13)14-7-9-15(10-8-14)18(20)21-2/h4-11,17H,3,12,19H2,1-2H3. The third-order valence-corrected chi connectivity index (χ3v) is 3.59. The maximum absolute atomic E-state index is 11.4. The third-order valence-electron chi connectivity index (χ3n) is 3.59. The molecule has 0 aromatic heterocycles. The first-order chi connectivity index (χ1) is 10.1. The van der Waals surface area contributed by atoms with Gasteiger partial charge in [-0.15, -0.1) is 0 Å². The molecule has 3 heteroatoms. The van der Waals surface area contributed by atoms with Crippen LogP contribution in [0.3, 0.4) is 0 Å². The second-order valence-corrected chi connectivity index (χ2v) is 5.14. The fourth-order valence-electron chi connectivity index (χ4n) is 2.24. The van der Waals surface area contributed by atoms with Gasteiger partial charge in [0.25, 0.3) is 0 Å². The summed E-state index contributed by atoms with van der Waals surface area (Å²) in [4.78, 5) is 11.4. The molecule has 2 aromatic carbocycles. The highest BCUT2D eigenvalue weighted by molar-refractivity contribution is 5.89. The molecule has 110 valence electrons. The van der Waals surface area contributed by atoms with Crippen molar-refractivity contribution < 1.29 is 9.53 Å². The summed E-state index contributed by atoms with van der Waals surface area (Å²) in [5, 5.41) is 0. The Hall–Kier alpha value is -2.13. The number of hydrogen-bond donors (Lipinski definition) is 1. The van der Waals surface area contributed by atoms with Crippen LogP contribution < -0.4 is 5.73 Å². The summed E-state index contributed by atoms with van der Waals surface area (Å²) in [6.45, 7) is 2.10. The second kappa shape index (κ2) is 7.04. The highest BCUT2D eigenvalue weighted by Gasteiger charge is 2.06. The third kappa shape index (κ3) is 3.92. The summed E-state index contributed by atoms with van der Waals surface area (Å²) < 4.78 is 4.70. The van der Waals surface area contributed by atoms with Gasteiger partial charge in [-0.3, -0.25) is 0 Å². The molecule has 0 aliphatic carbocycles. The number of carbonyl (C=O) groups is 1. The Morgan fingerprint density at radius 2 is 1.86 bits per heavy atom. The van der Waals surface area contributed by atoms with Crippen molar-refractivity contribution >= 4 is 5.97 Å². The van der Waals surface area contributed by atoms with E-state index in [-0.39, 0.29) is 12.0 Å². The van der Waals surface area contributed by atoms with Gasteiger partial charge in [0, 0.05) is 6.04 Å². The molecule has 3 nitrogen and oxygen atoms in total. The number of ether oxygens (including phenoxy) is 1. The topological polar surface area (TPSA) is 52.3 Å². The molecule has 0 saturated heterocycles. The van der Waals surface area contributed by atoms with Crippen LogP contribution in [0.15, 0.2) is 48.5 Å². The van der Waals surface area contributed by atoms with Crippen LogP contribution in [0, 0.1) is 0 Å². The van der Waals surface area contributed by atoms with E-state index in [1.807, 2.05) is 18.2 Å². The van der Waals surface area contributed by atoms with Gasteiger partial charge in [0.1, 0.15) is 0 Å². The lowest BCUT2D eigenvalue weighted by atomic mass is 9.98. The lowest BCUT2D eigenvalue weighted by molar-refractivity contribution is 0.0601. The summed E-state index contributed by atoms with van der Waals surface area (Å²) in [6.07, 6.45) is 1.85. The Balaban J connectivity index is 2.21. The van der Waals surface area contributed by atoms with E-state index in [0.717, 1.165) is 24.0 Å². The minimum absolute atomic E-state index is 0.196. The second-order valence-electron chi connectivity index (χ2n) is 5.14. The van der Waals surface area contributed by atoms with Crippen molar-refractivity contribution in [2.75, 3.05) is 7.11 Å². The van der Waals surface area contributed by atoms with E-state index < -0.39 is 0 Å². The van der Waals surface area contributed by atoms with E-state index in [4.69, 9.17) is 10.5 Å². The maximum Gasteiger partial charge on any atom is 0.337 e. The molecule has 21 heavy (non-hydrogen) atoms. The lowest BCUT2D eigenvalue weighted by Crippen LogP contribution is -2.21. The average Bonchev–Trinajstić information content (AvgIpc) is 2.54. The Kier molecular flexibility index (Phi) is 5.12. The fourth-order valence-corrected chi connectivity index (χ4v) is 2.24. The number of rotatable bonds is 5. The van der Waals surface area contributed by atoms with Crippen molar-refractivity contribution in [3.05, 3.63) is 59.7 Å². The Morgan fingerprint density at radius 3 is 2.48 bits per heavy atom. The number of methoxy groups -OCH3 is 1. The molecule has 0 saturated carbocycles. The van der Waals surface area contributed by atoms with Crippen LogP contribution in [0.5, 0.6) is 0 Å². The molecule has 0 radical (unpaired) electrons. The maximum atomic E-state index is 11.4. The Labute approximate surface area is 125 Å². The smallest absolute Gasteiger partial charge is 0.337 e. The number of hydrogen-bond acceptors (Lipinski definition) is 3. The van der Waals surface area contributed by atoms with Crippen molar-refractivity contribution in [3.63, 3.8) is 0 Å². The van der Waals surface area contributed by atoms with E-state index in [1.165, 1.54) is 12.7 Å². The normalized spacial score (nSPS) is 12.0. The van der Waals surface area contributed by atoms with Crippen LogP contribution in [-0.4, -0.2) is 19.1 Å². The lowest BCUT2D eigenvalue weighted by Gasteiger charge is -2.10. The van der Waals surface area contributed by atoms with Gasteiger partial charge >= 0.3 is 5.97 Å². The molecule has 0 amide bonds. The fraction of sp³-hybridized carbons (Fsp3) is 0.278. The first-order valence-corrected chi connectivity index (χ1v) is 7.17. The van der Waals surface area contributed by atoms with Crippen LogP contribution in [0.4, 0.5) is 0 Å². The molecule has 2 rings (SSSR count). The van der Waals surface area contributed by atoms with Crippen LogP contribution in [0.25, 0.3) is 11.1 Å². The van der Waals surface area contributed by atoms with Crippen molar-refractivity contribution in [3.8, 4) is 11.1 Å². The highest BCUT2D eigenvalue weighted by Crippen LogP contribution is 2.22.